The summed E-state index contributed by atoms with van der Waals surface area (Å²) in [6.07, 6.45) is 1.85. The van der Waals surface area contributed by atoms with Crippen molar-refractivity contribution in [3.63, 3.8) is 0 Å². The number of aromatic nitrogens is 3. The summed E-state index contributed by atoms with van der Waals surface area (Å²) in [5.41, 5.74) is 1.61. The Morgan fingerprint density at radius 1 is 1.33 bits per heavy atom. The Bertz CT molecular complexity index is 479. The SMILES string of the molecule is Cc1ccn(-c2ccc(Cl)c(CCl)n2)n1. The number of halogens is 2. The summed E-state index contributed by atoms with van der Waals surface area (Å²) >= 11 is 11.6. The highest BCUT2D eigenvalue weighted by Crippen LogP contribution is 2.17. The van der Waals surface area contributed by atoms with E-state index in [4.69, 9.17) is 23.2 Å². The zero-order valence-corrected chi connectivity index (χ0v) is 9.63. The molecule has 0 bridgehead atoms. The fourth-order valence-electron chi connectivity index (χ4n) is 1.24. The van der Waals surface area contributed by atoms with Crippen molar-refractivity contribution in [2.45, 2.75) is 12.8 Å². The molecule has 0 aliphatic rings. The van der Waals surface area contributed by atoms with E-state index in [0.717, 1.165) is 11.5 Å². The average Bonchev–Trinajstić information content (AvgIpc) is 2.66. The molecule has 0 fully saturated rings. The molecule has 0 N–H and O–H groups in total. The maximum Gasteiger partial charge on any atom is 0.153 e. The molecule has 2 aromatic rings. The van der Waals surface area contributed by atoms with E-state index in [1.807, 2.05) is 25.3 Å². The fraction of sp³-hybridized carbons (Fsp3) is 0.200. The Balaban J connectivity index is 2.45. The van der Waals surface area contributed by atoms with Crippen molar-refractivity contribution in [3.05, 3.63) is 40.8 Å². The van der Waals surface area contributed by atoms with Gasteiger partial charge in [-0.15, -0.1) is 11.6 Å². The number of nitrogens with zero attached hydrogens (tertiary/aromatic N) is 3. The van der Waals surface area contributed by atoms with Gasteiger partial charge in [0.2, 0.25) is 0 Å². The van der Waals surface area contributed by atoms with Gasteiger partial charge in [0.15, 0.2) is 5.82 Å². The maximum atomic E-state index is 5.91. The molecule has 5 heteroatoms. The first-order valence-electron chi connectivity index (χ1n) is 4.45. The second kappa shape index (κ2) is 4.21. The van der Waals surface area contributed by atoms with E-state index < -0.39 is 0 Å². The van der Waals surface area contributed by atoms with Crippen LogP contribution in [0.3, 0.4) is 0 Å². The Morgan fingerprint density at radius 3 is 2.73 bits per heavy atom. The highest BCUT2D eigenvalue weighted by atomic mass is 35.5. The number of pyridine rings is 1. The minimum atomic E-state index is 0.299. The van der Waals surface area contributed by atoms with Gasteiger partial charge in [-0.05, 0) is 25.1 Å². The predicted molar refractivity (Wildman–Crippen MR) is 60.7 cm³/mol. The van der Waals surface area contributed by atoms with Gasteiger partial charge < -0.3 is 0 Å². The van der Waals surface area contributed by atoms with Gasteiger partial charge in [-0.3, -0.25) is 0 Å². The fourth-order valence-corrected chi connectivity index (χ4v) is 1.68. The van der Waals surface area contributed by atoms with E-state index in [-0.39, 0.29) is 0 Å². The molecule has 2 aromatic heterocycles. The molecule has 0 saturated heterocycles. The first-order chi connectivity index (χ1) is 7.20. The molecule has 2 heterocycles. The van der Waals surface area contributed by atoms with Crippen LogP contribution >= 0.6 is 23.2 Å². The Kier molecular flexibility index (Phi) is 2.93. The lowest BCUT2D eigenvalue weighted by atomic mass is 10.3. The molecular formula is C10H9Cl2N3. The van der Waals surface area contributed by atoms with Crippen LogP contribution in [-0.4, -0.2) is 14.8 Å². The molecule has 0 aliphatic heterocycles. The monoisotopic (exact) mass is 241 g/mol. The molecule has 0 radical (unpaired) electrons. The minimum absolute atomic E-state index is 0.299. The maximum absolute atomic E-state index is 5.91. The Hall–Kier alpha value is -1.06. The van der Waals surface area contributed by atoms with Gasteiger partial charge >= 0.3 is 0 Å². The lowest BCUT2D eigenvalue weighted by Gasteiger charge is -2.03. The van der Waals surface area contributed by atoms with Crippen molar-refractivity contribution in [2.75, 3.05) is 0 Å². The molecule has 0 spiro atoms. The summed E-state index contributed by atoms with van der Waals surface area (Å²) in [4.78, 5) is 4.31. The van der Waals surface area contributed by atoms with Gasteiger partial charge in [-0.1, -0.05) is 11.6 Å². The second-order valence-electron chi connectivity index (χ2n) is 3.13. The third-order valence-corrected chi connectivity index (χ3v) is 2.58. The summed E-state index contributed by atoms with van der Waals surface area (Å²) in [6, 6.07) is 5.50. The number of aryl methyl sites for hydroxylation is 1. The summed E-state index contributed by atoms with van der Waals surface area (Å²) < 4.78 is 1.70. The van der Waals surface area contributed by atoms with Gasteiger partial charge in [0.1, 0.15) is 0 Å². The standard InChI is InChI=1S/C10H9Cl2N3/c1-7-4-5-15(14-7)10-3-2-8(12)9(6-11)13-10/h2-5H,6H2,1H3. The lowest BCUT2D eigenvalue weighted by Crippen LogP contribution is -2.00. The van der Waals surface area contributed by atoms with Crippen LogP contribution < -0.4 is 0 Å². The molecule has 0 unspecified atom stereocenters. The lowest BCUT2D eigenvalue weighted by molar-refractivity contribution is 0.826. The average molecular weight is 242 g/mol. The normalized spacial score (nSPS) is 10.6. The van der Waals surface area contributed by atoms with E-state index in [1.165, 1.54) is 0 Å². The van der Waals surface area contributed by atoms with Crippen molar-refractivity contribution >= 4 is 23.2 Å². The highest BCUT2D eigenvalue weighted by Gasteiger charge is 2.04. The predicted octanol–water partition coefficient (Wildman–Crippen LogP) is 2.97. The van der Waals surface area contributed by atoms with Gasteiger partial charge in [0.25, 0.3) is 0 Å². The van der Waals surface area contributed by atoms with Crippen LogP contribution in [0.25, 0.3) is 5.82 Å². The molecule has 0 atom stereocenters. The van der Waals surface area contributed by atoms with Crippen LogP contribution in [-0.2, 0) is 5.88 Å². The number of rotatable bonds is 2. The van der Waals surface area contributed by atoms with Crippen LogP contribution in [0.4, 0.5) is 0 Å². The van der Waals surface area contributed by atoms with Gasteiger partial charge in [-0.2, -0.15) is 5.10 Å². The molecule has 3 nitrogen and oxygen atoms in total. The molecule has 0 saturated carbocycles. The molecule has 0 amide bonds. The van der Waals surface area contributed by atoms with E-state index in [0.29, 0.717) is 16.6 Å². The van der Waals surface area contributed by atoms with Crippen LogP contribution in [0.5, 0.6) is 0 Å². The zero-order chi connectivity index (χ0) is 10.8. The Morgan fingerprint density at radius 2 is 2.13 bits per heavy atom. The molecule has 78 valence electrons. The molecule has 15 heavy (non-hydrogen) atoms. The molecular weight excluding hydrogens is 233 g/mol. The largest absolute Gasteiger partial charge is 0.231 e. The smallest absolute Gasteiger partial charge is 0.153 e. The van der Waals surface area contributed by atoms with E-state index in [9.17, 15) is 0 Å². The second-order valence-corrected chi connectivity index (χ2v) is 3.81. The third-order valence-electron chi connectivity index (χ3n) is 1.99. The third kappa shape index (κ3) is 2.13. The Labute approximate surface area is 97.7 Å². The molecule has 0 aromatic carbocycles. The number of alkyl halides is 1. The summed E-state index contributed by atoms with van der Waals surface area (Å²) in [6.45, 7) is 1.93. The van der Waals surface area contributed by atoms with Crippen LogP contribution in [0.2, 0.25) is 5.02 Å². The summed E-state index contributed by atoms with van der Waals surface area (Å²) in [5, 5.41) is 4.84. The van der Waals surface area contributed by atoms with Crippen molar-refractivity contribution < 1.29 is 0 Å². The number of hydrogen-bond acceptors (Lipinski definition) is 2. The van der Waals surface area contributed by atoms with Crippen molar-refractivity contribution in [3.8, 4) is 5.82 Å². The van der Waals surface area contributed by atoms with Crippen molar-refractivity contribution in [1.82, 2.24) is 14.8 Å². The van der Waals surface area contributed by atoms with Crippen molar-refractivity contribution in [2.24, 2.45) is 0 Å². The zero-order valence-electron chi connectivity index (χ0n) is 8.11. The first-order valence-corrected chi connectivity index (χ1v) is 5.36. The van der Waals surface area contributed by atoms with Crippen molar-refractivity contribution in [1.29, 1.82) is 0 Å². The first kappa shape index (κ1) is 10.5. The van der Waals surface area contributed by atoms with E-state index in [1.54, 1.807) is 10.7 Å². The van der Waals surface area contributed by atoms with E-state index in [2.05, 4.69) is 10.1 Å². The van der Waals surface area contributed by atoms with Crippen LogP contribution in [0.1, 0.15) is 11.4 Å². The quantitative estimate of drug-likeness (QED) is 0.758. The number of hydrogen-bond donors (Lipinski definition) is 0. The van der Waals surface area contributed by atoms with Gasteiger partial charge in [-0.25, -0.2) is 9.67 Å². The topological polar surface area (TPSA) is 30.7 Å². The molecule has 0 aliphatic carbocycles. The summed E-state index contributed by atoms with van der Waals surface area (Å²) in [5.74, 6) is 1.02. The highest BCUT2D eigenvalue weighted by molar-refractivity contribution is 6.32. The van der Waals surface area contributed by atoms with Crippen LogP contribution in [0, 0.1) is 6.92 Å². The summed E-state index contributed by atoms with van der Waals surface area (Å²) in [7, 11) is 0. The van der Waals surface area contributed by atoms with Crippen LogP contribution in [0.15, 0.2) is 24.4 Å². The van der Waals surface area contributed by atoms with E-state index >= 15 is 0 Å². The minimum Gasteiger partial charge on any atom is -0.231 e. The molecule has 2 rings (SSSR count). The van der Waals surface area contributed by atoms with Gasteiger partial charge in [0.05, 0.1) is 22.3 Å². The van der Waals surface area contributed by atoms with Gasteiger partial charge in [0, 0.05) is 6.20 Å².